The van der Waals surface area contributed by atoms with Crippen molar-refractivity contribution in [2.24, 2.45) is 0 Å². The lowest BCUT2D eigenvalue weighted by Crippen LogP contribution is -2.34. The van der Waals surface area contributed by atoms with Gasteiger partial charge in [-0.1, -0.05) is 11.8 Å². The summed E-state index contributed by atoms with van der Waals surface area (Å²) in [5, 5.41) is -0.358. The Morgan fingerprint density at radius 3 is 2.56 bits per heavy atom. The Morgan fingerprint density at radius 2 is 1.94 bits per heavy atom. The fraction of sp³-hybridized carbons (Fsp3) is 0.381. The van der Waals surface area contributed by atoms with Crippen molar-refractivity contribution in [2.45, 2.75) is 30.9 Å². The van der Waals surface area contributed by atoms with Gasteiger partial charge in [0, 0.05) is 31.4 Å². The first-order chi connectivity index (χ1) is 15.4. The Morgan fingerprint density at radius 1 is 1.19 bits per heavy atom. The topological polar surface area (TPSA) is 89.6 Å². The third kappa shape index (κ3) is 5.04. The van der Waals surface area contributed by atoms with Crippen molar-refractivity contribution in [1.29, 1.82) is 0 Å². The van der Waals surface area contributed by atoms with Crippen molar-refractivity contribution in [3.8, 4) is 17.2 Å². The third-order valence-electron chi connectivity index (χ3n) is 4.75. The minimum Gasteiger partial charge on any atom is -0.493 e. The van der Waals surface area contributed by atoms with Gasteiger partial charge in [0.15, 0.2) is 16.7 Å². The van der Waals surface area contributed by atoms with Crippen molar-refractivity contribution < 1.29 is 27.8 Å². The number of pyridine rings is 1. The molecule has 1 N–H and O–H groups in total. The number of nitrogens with one attached hydrogen (secondary N) is 1. The molecule has 11 heteroatoms. The zero-order valence-corrected chi connectivity index (χ0v) is 18.9. The Kier molecular flexibility index (Phi) is 7.73. The molecule has 0 aliphatic rings. The number of likely N-dealkylation sites (N-methyl/N-ethyl adjacent to an activating group) is 1. The molecule has 0 saturated carbocycles. The Bertz CT molecular complexity index is 1080. The van der Waals surface area contributed by atoms with Crippen LogP contribution in [0.2, 0.25) is 0 Å². The molecule has 0 spiro atoms. The van der Waals surface area contributed by atoms with Gasteiger partial charge in [-0.25, -0.2) is 4.98 Å². The SMILES string of the molecule is CCN(CC)C(=O)C(Sc1nc2ccc(OC(F)F)cc2[nH]1)c1nccc(OC)c1OC. The minimum absolute atomic E-state index is 0.0135. The number of ether oxygens (including phenoxy) is 3. The molecule has 1 atom stereocenters. The summed E-state index contributed by atoms with van der Waals surface area (Å²) in [7, 11) is 2.99. The smallest absolute Gasteiger partial charge is 0.387 e. The van der Waals surface area contributed by atoms with E-state index in [1.807, 2.05) is 13.8 Å². The maximum atomic E-state index is 13.4. The molecule has 3 rings (SSSR count). The molecule has 0 aliphatic carbocycles. The summed E-state index contributed by atoms with van der Waals surface area (Å²) in [4.78, 5) is 27.0. The lowest BCUT2D eigenvalue weighted by Gasteiger charge is -2.25. The fourth-order valence-corrected chi connectivity index (χ4v) is 4.30. The zero-order chi connectivity index (χ0) is 23.3. The van der Waals surface area contributed by atoms with Gasteiger partial charge in [0.2, 0.25) is 5.91 Å². The maximum Gasteiger partial charge on any atom is 0.387 e. The van der Waals surface area contributed by atoms with E-state index < -0.39 is 11.9 Å². The van der Waals surface area contributed by atoms with Gasteiger partial charge in [-0.2, -0.15) is 8.78 Å². The van der Waals surface area contributed by atoms with Crippen LogP contribution in [0.5, 0.6) is 17.2 Å². The highest BCUT2D eigenvalue weighted by Crippen LogP contribution is 2.42. The minimum atomic E-state index is -2.92. The number of aromatic amines is 1. The molecule has 0 saturated heterocycles. The highest BCUT2D eigenvalue weighted by molar-refractivity contribution is 8.00. The molecule has 0 aliphatic heterocycles. The number of halogens is 2. The number of nitrogens with zero attached hydrogens (tertiary/aromatic N) is 3. The van der Waals surface area contributed by atoms with Crippen molar-refractivity contribution in [1.82, 2.24) is 19.9 Å². The first-order valence-electron chi connectivity index (χ1n) is 9.88. The van der Waals surface area contributed by atoms with Crippen molar-refractivity contribution in [3.63, 3.8) is 0 Å². The second-order valence-corrected chi connectivity index (χ2v) is 7.63. The number of alkyl halides is 2. The Labute approximate surface area is 188 Å². The number of imidazole rings is 1. The van der Waals surface area contributed by atoms with Crippen LogP contribution in [-0.4, -0.2) is 59.7 Å². The number of hydrogen-bond donors (Lipinski definition) is 1. The quantitative estimate of drug-likeness (QED) is 0.446. The molecule has 32 heavy (non-hydrogen) atoms. The van der Waals surface area contributed by atoms with E-state index in [2.05, 4.69) is 19.7 Å². The third-order valence-corrected chi connectivity index (χ3v) is 5.83. The number of carbonyl (C=O) groups is 1. The van der Waals surface area contributed by atoms with E-state index in [0.29, 0.717) is 46.5 Å². The summed E-state index contributed by atoms with van der Waals surface area (Å²) in [6, 6.07) is 6.07. The molecule has 0 bridgehead atoms. The second kappa shape index (κ2) is 10.5. The molecular weight excluding hydrogens is 442 g/mol. The van der Waals surface area contributed by atoms with Gasteiger partial charge >= 0.3 is 6.61 Å². The van der Waals surface area contributed by atoms with E-state index in [-0.39, 0.29) is 11.7 Å². The molecule has 172 valence electrons. The summed E-state index contributed by atoms with van der Waals surface area (Å²) >= 11 is 1.16. The number of methoxy groups -OCH3 is 2. The highest BCUT2D eigenvalue weighted by Gasteiger charge is 2.32. The number of benzene rings is 1. The van der Waals surface area contributed by atoms with Gasteiger partial charge < -0.3 is 24.1 Å². The summed E-state index contributed by atoms with van der Waals surface area (Å²) in [6.07, 6.45) is 1.55. The number of thioether (sulfide) groups is 1. The second-order valence-electron chi connectivity index (χ2n) is 6.54. The van der Waals surface area contributed by atoms with Crippen LogP contribution in [0.15, 0.2) is 35.6 Å². The van der Waals surface area contributed by atoms with Gasteiger partial charge in [0.25, 0.3) is 0 Å². The molecule has 1 amide bonds. The van der Waals surface area contributed by atoms with Crippen molar-refractivity contribution in [3.05, 3.63) is 36.2 Å². The van der Waals surface area contributed by atoms with E-state index in [1.54, 1.807) is 23.2 Å². The van der Waals surface area contributed by atoms with Crippen LogP contribution >= 0.6 is 11.8 Å². The van der Waals surface area contributed by atoms with Crippen LogP contribution in [0.4, 0.5) is 8.78 Å². The Balaban J connectivity index is 2.02. The molecule has 0 fully saturated rings. The van der Waals surface area contributed by atoms with E-state index in [1.165, 1.54) is 26.4 Å². The Hall–Kier alpha value is -3.08. The number of hydrogen-bond acceptors (Lipinski definition) is 7. The average Bonchev–Trinajstić information content (AvgIpc) is 3.19. The maximum absolute atomic E-state index is 13.4. The summed E-state index contributed by atoms with van der Waals surface area (Å²) in [5.41, 5.74) is 1.45. The van der Waals surface area contributed by atoms with E-state index in [4.69, 9.17) is 9.47 Å². The van der Waals surface area contributed by atoms with Crippen LogP contribution in [-0.2, 0) is 4.79 Å². The lowest BCUT2D eigenvalue weighted by molar-refractivity contribution is -0.130. The van der Waals surface area contributed by atoms with Crippen LogP contribution in [0, 0.1) is 0 Å². The summed E-state index contributed by atoms with van der Waals surface area (Å²) in [5.74, 6) is 0.659. The molecule has 2 heterocycles. The number of carbonyl (C=O) groups excluding carboxylic acids is 1. The molecule has 1 aromatic carbocycles. The predicted octanol–water partition coefficient (Wildman–Crippen LogP) is 4.28. The van der Waals surface area contributed by atoms with Gasteiger partial charge in [0.1, 0.15) is 16.7 Å². The number of fused-ring (bicyclic) bond motifs is 1. The molecule has 8 nitrogen and oxygen atoms in total. The average molecular weight is 467 g/mol. The van der Waals surface area contributed by atoms with Crippen LogP contribution in [0.1, 0.15) is 24.8 Å². The lowest BCUT2D eigenvalue weighted by atomic mass is 10.2. The van der Waals surface area contributed by atoms with E-state index in [9.17, 15) is 13.6 Å². The molecule has 1 unspecified atom stereocenters. The number of rotatable bonds is 10. The van der Waals surface area contributed by atoms with Gasteiger partial charge in [-0.3, -0.25) is 9.78 Å². The van der Waals surface area contributed by atoms with Crippen LogP contribution < -0.4 is 14.2 Å². The van der Waals surface area contributed by atoms with E-state index in [0.717, 1.165) is 11.8 Å². The first-order valence-corrected chi connectivity index (χ1v) is 10.8. The molecule has 3 aromatic rings. The van der Waals surface area contributed by atoms with Crippen LogP contribution in [0.3, 0.4) is 0 Å². The van der Waals surface area contributed by atoms with Gasteiger partial charge in [0.05, 0.1) is 25.3 Å². The summed E-state index contributed by atoms with van der Waals surface area (Å²) < 4.78 is 40.4. The van der Waals surface area contributed by atoms with E-state index >= 15 is 0 Å². The van der Waals surface area contributed by atoms with Gasteiger partial charge in [-0.15, -0.1) is 0 Å². The fourth-order valence-electron chi connectivity index (χ4n) is 3.23. The molecule has 0 radical (unpaired) electrons. The standard InChI is InChI=1S/C21H24F2N4O4S/c1-5-27(6-2)19(28)18(16-17(30-4)15(29-3)9-10-24-16)32-21-25-13-8-7-12(31-20(22)23)11-14(13)26-21/h7-11,18,20H,5-6H2,1-4H3,(H,25,26). The number of H-pyrrole nitrogens is 1. The summed E-state index contributed by atoms with van der Waals surface area (Å²) in [6.45, 7) is 1.91. The largest absolute Gasteiger partial charge is 0.493 e. The van der Waals surface area contributed by atoms with Gasteiger partial charge in [-0.05, 0) is 26.0 Å². The zero-order valence-electron chi connectivity index (χ0n) is 18.1. The van der Waals surface area contributed by atoms with Crippen molar-refractivity contribution >= 4 is 28.7 Å². The normalized spacial score (nSPS) is 12.1. The number of aromatic nitrogens is 3. The number of amides is 1. The van der Waals surface area contributed by atoms with Crippen LogP contribution in [0.25, 0.3) is 11.0 Å². The highest BCUT2D eigenvalue weighted by atomic mass is 32.2. The predicted molar refractivity (Wildman–Crippen MR) is 117 cm³/mol. The molecule has 2 aromatic heterocycles. The molecular formula is C21H24F2N4O4S. The monoisotopic (exact) mass is 466 g/mol. The van der Waals surface area contributed by atoms with Crippen molar-refractivity contribution in [2.75, 3.05) is 27.3 Å². The first kappa shape index (κ1) is 23.6.